The molecule has 0 spiro atoms. The Labute approximate surface area is 151 Å². The van der Waals surface area contributed by atoms with Crippen LogP contribution in [0.3, 0.4) is 0 Å². The summed E-state index contributed by atoms with van der Waals surface area (Å²) >= 11 is 3.31. The van der Waals surface area contributed by atoms with E-state index >= 15 is 0 Å². The molecule has 0 radical (unpaired) electrons. The average Bonchev–Trinajstić information content (AvgIpc) is 2.61. The minimum Gasteiger partial charge on any atom is -0.489 e. The Hall–Kier alpha value is -2.19. The molecule has 25 heavy (non-hydrogen) atoms. The van der Waals surface area contributed by atoms with Gasteiger partial charge in [0.1, 0.15) is 18.2 Å². The first-order chi connectivity index (χ1) is 12.0. The summed E-state index contributed by atoms with van der Waals surface area (Å²) in [5.74, 6) is -1.82. The average molecular weight is 417 g/mol. The number of ether oxygens (including phenoxy) is 4. The molecule has 0 aliphatic rings. The van der Waals surface area contributed by atoms with Crippen molar-refractivity contribution in [1.29, 1.82) is 0 Å². The lowest BCUT2D eigenvalue weighted by molar-refractivity contribution is 0.0482. The van der Waals surface area contributed by atoms with E-state index in [2.05, 4.69) is 20.7 Å². The SMILES string of the molecule is COCOc1cc(Br)c(COc2ccc(F)c(C(=O)OC)c2)cc1F. The number of methoxy groups -OCH3 is 2. The van der Waals surface area contributed by atoms with Crippen molar-refractivity contribution in [3.63, 3.8) is 0 Å². The number of benzene rings is 2. The largest absolute Gasteiger partial charge is 0.489 e. The summed E-state index contributed by atoms with van der Waals surface area (Å²) < 4.78 is 48.0. The third-order valence-electron chi connectivity index (χ3n) is 3.17. The topological polar surface area (TPSA) is 54.0 Å². The molecule has 0 N–H and O–H groups in total. The number of esters is 1. The van der Waals surface area contributed by atoms with Gasteiger partial charge in [-0.05, 0) is 30.3 Å². The molecule has 2 rings (SSSR count). The minimum atomic E-state index is -0.810. The smallest absolute Gasteiger partial charge is 0.340 e. The predicted molar refractivity (Wildman–Crippen MR) is 88.7 cm³/mol. The van der Waals surface area contributed by atoms with Crippen LogP contribution in [0.1, 0.15) is 15.9 Å². The zero-order chi connectivity index (χ0) is 18.4. The number of hydrogen-bond acceptors (Lipinski definition) is 5. The normalized spacial score (nSPS) is 10.4. The van der Waals surface area contributed by atoms with E-state index in [1.807, 2.05) is 0 Å². The molecule has 0 fully saturated rings. The van der Waals surface area contributed by atoms with Gasteiger partial charge in [-0.1, -0.05) is 15.9 Å². The Kier molecular flexibility index (Phi) is 6.72. The van der Waals surface area contributed by atoms with Gasteiger partial charge in [-0.25, -0.2) is 13.6 Å². The molecule has 0 atom stereocenters. The summed E-state index contributed by atoms with van der Waals surface area (Å²) in [7, 11) is 2.59. The van der Waals surface area contributed by atoms with E-state index in [-0.39, 0.29) is 30.5 Å². The first-order valence-corrected chi connectivity index (χ1v) is 7.86. The van der Waals surface area contributed by atoms with Gasteiger partial charge in [0, 0.05) is 17.1 Å². The van der Waals surface area contributed by atoms with Crippen LogP contribution in [0.25, 0.3) is 0 Å². The van der Waals surface area contributed by atoms with Crippen molar-refractivity contribution >= 4 is 21.9 Å². The maximum atomic E-state index is 14.0. The molecule has 2 aromatic carbocycles. The molecule has 2 aromatic rings. The highest BCUT2D eigenvalue weighted by molar-refractivity contribution is 9.10. The van der Waals surface area contributed by atoms with Gasteiger partial charge < -0.3 is 18.9 Å². The first kappa shape index (κ1) is 19.1. The van der Waals surface area contributed by atoms with Crippen LogP contribution in [0.5, 0.6) is 11.5 Å². The molecule has 0 aliphatic heterocycles. The molecule has 0 unspecified atom stereocenters. The van der Waals surface area contributed by atoms with Crippen LogP contribution in [0, 0.1) is 11.6 Å². The van der Waals surface area contributed by atoms with E-state index in [9.17, 15) is 13.6 Å². The molecule has 0 bridgehead atoms. The van der Waals surface area contributed by atoms with Crippen LogP contribution in [-0.2, 0) is 16.1 Å². The summed E-state index contributed by atoms with van der Waals surface area (Å²) in [5, 5.41) is 0. The Morgan fingerprint density at radius 1 is 1.08 bits per heavy atom. The second kappa shape index (κ2) is 8.77. The monoisotopic (exact) mass is 416 g/mol. The number of carbonyl (C=O) groups excluding carboxylic acids is 1. The van der Waals surface area contributed by atoms with Crippen molar-refractivity contribution in [1.82, 2.24) is 0 Å². The lowest BCUT2D eigenvalue weighted by Crippen LogP contribution is -2.06. The van der Waals surface area contributed by atoms with Crippen LogP contribution in [0.4, 0.5) is 8.78 Å². The van der Waals surface area contributed by atoms with Gasteiger partial charge in [0.25, 0.3) is 0 Å². The molecule has 134 valence electrons. The van der Waals surface area contributed by atoms with Crippen molar-refractivity contribution in [3.8, 4) is 11.5 Å². The fourth-order valence-corrected chi connectivity index (χ4v) is 2.37. The van der Waals surface area contributed by atoms with Crippen molar-refractivity contribution < 1.29 is 32.5 Å². The number of rotatable bonds is 7. The Morgan fingerprint density at radius 2 is 1.84 bits per heavy atom. The Morgan fingerprint density at radius 3 is 2.52 bits per heavy atom. The first-order valence-electron chi connectivity index (χ1n) is 7.06. The van der Waals surface area contributed by atoms with Crippen molar-refractivity contribution in [3.05, 3.63) is 57.6 Å². The lowest BCUT2D eigenvalue weighted by Gasteiger charge is -2.12. The molecule has 8 heteroatoms. The van der Waals surface area contributed by atoms with E-state index in [1.165, 1.54) is 31.4 Å². The van der Waals surface area contributed by atoms with Crippen molar-refractivity contribution in [2.45, 2.75) is 6.61 Å². The fraction of sp³-hybridized carbons (Fsp3) is 0.235. The highest BCUT2D eigenvalue weighted by atomic mass is 79.9. The molecular weight excluding hydrogens is 402 g/mol. The maximum absolute atomic E-state index is 14.0. The fourth-order valence-electron chi connectivity index (χ4n) is 1.94. The van der Waals surface area contributed by atoms with Crippen molar-refractivity contribution in [2.24, 2.45) is 0 Å². The number of carbonyl (C=O) groups is 1. The van der Waals surface area contributed by atoms with Crippen LogP contribution >= 0.6 is 15.9 Å². The molecule has 5 nitrogen and oxygen atoms in total. The van der Waals surface area contributed by atoms with E-state index < -0.39 is 17.6 Å². The highest BCUT2D eigenvalue weighted by Gasteiger charge is 2.14. The summed E-state index contributed by atoms with van der Waals surface area (Å²) in [5.41, 5.74) is 0.264. The van der Waals surface area contributed by atoms with Gasteiger partial charge in [0.15, 0.2) is 18.4 Å². The summed E-state index contributed by atoms with van der Waals surface area (Å²) in [6.07, 6.45) is 0. The van der Waals surface area contributed by atoms with E-state index in [1.54, 1.807) is 0 Å². The van der Waals surface area contributed by atoms with Crippen LogP contribution in [0.2, 0.25) is 0 Å². The Bertz CT molecular complexity index is 767. The standard InChI is InChI=1S/C17H15BrF2O5/c1-22-9-25-16-7-13(18)10(5-15(16)20)8-24-11-3-4-14(19)12(6-11)17(21)23-2/h3-7H,8-9H2,1-2H3. The number of hydrogen-bond donors (Lipinski definition) is 0. The van der Waals surface area contributed by atoms with E-state index in [0.29, 0.717) is 10.0 Å². The van der Waals surface area contributed by atoms with Crippen LogP contribution in [-0.4, -0.2) is 27.0 Å². The zero-order valence-electron chi connectivity index (χ0n) is 13.5. The van der Waals surface area contributed by atoms with Gasteiger partial charge in [-0.15, -0.1) is 0 Å². The third kappa shape index (κ3) is 4.90. The summed E-state index contributed by atoms with van der Waals surface area (Å²) in [4.78, 5) is 11.5. The van der Waals surface area contributed by atoms with E-state index in [4.69, 9.17) is 14.2 Å². The molecule has 0 aromatic heterocycles. The van der Waals surface area contributed by atoms with Crippen LogP contribution in [0.15, 0.2) is 34.8 Å². The quantitative estimate of drug-likeness (QED) is 0.502. The molecule has 0 saturated heterocycles. The van der Waals surface area contributed by atoms with E-state index in [0.717, 1.165) is 13.2 Å². The van der Waals surface area contributed by atoms with Gasteiger partial charge in [-0.3, -0.25) is 0 Å². The molecular formula is C17H15BrF2O5. The third-order valence-corrected chi connectivity index (χ3v) is 3.91. The molecule has 0 aliphatic carbocycles. The Balaban J connectivity index is 2.13. The summed E-state index contributed by atoms with van der Waals surface area (Å²) in [6, 6.07) is 6.39. The molecule has 0 amide bonds. The molecule has 0 heterocycles. The highest BCUT2D eigenvalue weighted by Crippen LogP contribution is 2.28. The van der Waals surface area contributed by atoms with Gasteiger partial charge in [0.05, 0.1) is 12.7 Å². The van der Waals surface area contributed by atoms with Gasteiger partial charge in [-0.2, -0.15) is 0 Å². The van der Waals surface area contributed by atoms with Gasteiger partial charge >= 0.3 is 5.97 Å². The second-order valence-corrected chi connectivity index (χ2v) is 5.70. The van der Waals surface area contributed by atoms with Crippen molar-refractivity contribution in [2.75, 3.05) is 21.0 Å². The minimum absolute atomic E-state index is 0.00565. The molecule has 0 saturated carbocycles. The lowest BCUT2D eigenvalue weighted by atomic mass is 10.2. The second-order valence-electron chi connectivity index (χ2n) is 4.85. The summed E-state index contributed by atoms with van der Waals surface area (Å²) in [6.45, 7) is -0.0839. The van der Waals surface area contributed by atoms with Crippen LogP contribution < -0.4 is 9.47 Å². The zero-order valence-corrected chi connectivity index (χ0v) is 15.1. The maximum Gasteiger partial charge on any atom is 0.340 e. The number of halogens is 3. The van der Waals surface area contributed by atoms with Gasteiger partial charge in [0.2, 0.25) is 0 Å². The predicted octanol–water partition coefficient (Wildman–Crippen LogP) is 4.08.